The second kappa shape index (κ2) is 20.5. The van der Waals surface area contributed by atoms with E-state index in [1.54, 1.807) is 12.1 Å². The number of hydrogen-bond acceptors (Lipinski definition) is 8. The summed E-state index contributed by atoms with van der Waals surface area (Å²) in [6.07, 6.45) is 12.2. The zero-order chi connectivity index (χ0) is 26.8. The van der Waals surface area contributed by atoms with Crippen LogP contribution < -0.4 is 19.7 Å². The molecule has 2 aromatic heterocycles. The topological polar surface area (TPSA) is 125 Å². The fraction of sp³-hybridized carbons (Fsp3) is 0.571. The first kappa shape index (κ1) is 34.5. The minimum absolute atomic E-state index is 0. The maximum absolute atomic E-state index is 10.5. The Bertz CT molecular complexity index is 804. The number of hydrogen-bond donors (Lipinski definition) is 0. The molecule has 0 N–H and O–H groups in total. The van der Waals surface area contributed by atoms with E-state index in [9.17, 15) is 19.8 Å². The molecule has 2 aromatic rings. The van der Waals surface area contributed by atoms with Crippen molar-refractivity contribution in [2.45, 2.75) is 79.1 Å². The van der Waals surface area contributed by atoms with Crippen molar-refractivity contribution < 1.29 is 48.8 Å². The SMILES string of the molecule is CCCCC(CC)COc1ccc(C(=O)[O-])nc1.CCCCC(CC)COc1ccc(C(=O)[O-])nc1.[Zn+2]. The molecule has 0 bridgehead atoms. The average molecular weight is 566 g/mol. The van der Waals surface area contributed by atoms with Gasteiger partial charge in [-0.25, -0.2) is 0 Å². The van der Waals surface area contributed by atoms with Crippen molar-refractivity contribution in [3.8, 4) is 11.5 Å². The fourth-order valence-electron chi connectivity index (χ4n) is 3.40. The number of pyridine rings is 2. The summed E-state index contributed by atoms with van der Waals surface area (Å²) >= 11 is 0. The molecule has 0 fully saturated rings. The second-order valence-electron chi connectivity index (χ2n) is 8.79. The largest absolute Gasteiger partial charge is 2.00 e. The van der Waals surface area contributed by atoms with Gasteiger partial charge in [0.25, 0.3) is 0 Å². The molecule has 0 aliphatic carbocycles. The first-order valence-electron chi connectivity index (χ1n) is 12.9. The Morgan fingerprint density at radius 1 is 0.730 bits per heavy atom. The van der Waals surface area contributed by atoms with Crippen LogP contribution in [0.25, 0.3) is 0 Å². The number of unbranched alkanes of at least 4 members (excludes halogenated alkanes) is 2. The number of carbonyl (C=O) groups is 2. The van der Waals surface area contributed by atoms with Gasteiger partial charge in [-0.2, -0.15) is 0 Å². The van der Waals surface area contributed by atoms with Crippen LogP contribution in [0.15, 0.2) is 36.7 Å². The summed E-state index contributed by atoms with van der Waals surface area (Å²) in [6, 6.07) is 6.03. The predicted molar refractivity (Wildman–Crippen MR) is 135 cm³/mol. The number of carboxylic acids is 2. The summed E-state index contributed by atoms with van der Waals surface area (Å²) in [5.74, 6) is -0.228. The molecule has 2 heterocycles. The van der Waals surface area contributed by atoms with Crippen LogP contribution in [0.5, 0.6) is 11.5 Å². The van der Waals surface area contributed by atoms with E-state index < -0.39 is 11.9 Å². The summed E-state index contributed by atoms with van der Waals surface area (Å²) in [5, 5.41) is 21.1. The van der Waals surface area contributed by atoms with Crippen LogP contribution in [-0.4, -0.2) is 35.1 Å². The van der Waals surface area contributed by atoms with E-state index in [0.717, 1.165) is 25.7 Å². The maximum Gasteiger partial charge on any atom is 2.00 e. The molecule has 0 aromatic carbocycles. The molecule has 37 heavy (non-hydrogen) atoms. The Balaban J connectivity index is 0.000000682. The summed E-state index contributed by atoms with van der Waals surface area (Å²) in [5.41, 5.74) is -0.138. The molecule has 9 heteroatoms. The van der Waals surface area contributed by atoms with E-state index in [1.165, 1.54) is 50.2 Å². The number of aromatic nitrogens is 2. The van der Waals surface area contributed by atoms with Gasteiger partial charge in [0.2, 0.25) is 0 Å². The van der Waals surface area contributed by atoms with Crippen LogP contribution in [0.1, 0.15) is 100 Å². The predicted octanol–water partition coefficient (Wildman–Crippen LogP) is 4.08. The van der Waals surface area contributed by atoms with Gasteiger partial charge in [-0.15, -0.1) is 0 Å². The van der Waals surface area contributed by atoms with Crippen LogP contribution >= 0.6 is 0 Å². The number of carbonyl (C=O) groups excluding carboxylic acids is 2. The average Bonchev–Trinajstić information content (AvgIpc) is 2.89. The maximum atomic E-state index is 10.5. The van der Waals surface area contributed by atoms with Crippen molar-refractivity contribution in [2.75, 3.05) is 13.2 Å². The van der Waals surface area contributed by atoms with Crippen LogP contribution in [0.4, 0.5) is 0 Å². The summed E-state index contributed by atoms with van der Waals surface area (Å²) < 4.78 is 11.2. The van der Waals surface area contributed by atoms with Crippen molar-refractivity contribution in [2.24, 2.45) is 11.8 Å². The molecule has 8 nitrogen and oxygen atoms in total. The molecule has 0 spiro atoms. The van der Waals surface area contributed by atoms with Crippen LogP contribution in [-0.2, 0) is 19.5 Å². The molecule has 0 radical (unpaired) electrons. The third-order valence-electron chi connectivity index (χ3n) is 5.95. The summed E-state index contributed by atoms with van der Waals surface area (Å²) in [4.78, 5) is 28.6. The van der Waals surface area contributed by atoms with Crippen molar-refractivity contribution in [1.82, 2.24) is 9.97 Å². The quantitative estimate of drug-likeness (QED) is 0.279. The molecule has 200 valence electrons. The molecule has 0 saturated carbocycles. The van der Waals surface area contributed by atoms with Crippen molar-refractivity contribution in [1.29, 1.82) is 0 Å². The molecular formula is C28H40N2O6Zn. The van der Waals surface area contributed by atoms with E-state index in [0.29, 0.717) is 36.5 Å². The van der Waals surface area contributed by atoms with Gasteiger partial charge in [-0.3, -0.25) is 9.97 Å². The monoisotopic (exact) mass is 564 g/mol. The summed E-state index contributed by atoms with van der Waals surface area (Å²) in [7, 11) is 0. The van der Waals surface area contributed by atoms with Crippen LogP contribution in [0.3, 0.4) is 0 Å². The van der Waals surface area contributed by atoms with Crippen molar-refractivity contribution in [3.63, 3.8) is 0 Å². The summed E-state index contributed by atoms with van der Waals surface area (Å²) in [6.45, 7) is 9.97. The van der Waals surface area contributed by atoms with E-state index in [1.807, 2.05) is 0 Å². The number of nitrogens with zero attached hydrogens (tertiary/aromatic N) is 2. The third-order valence-corrected chi connectivity index (χ3v) is 5.95. The van der Waals surface area contributed by atoms with E-state index in [-0.39, 0.29) is 30.9 Å². The normalized spacial score (nSPS) is 11.8. The Labute approximate surface area is 234 Å². The van der Waals surface area contributed by atoms with Crippen molar-refractivity contribution >= 4 is 11.9 Å². The second-order valence-corrected chi connectivity index (χ2v) is 8.79. The zero-order valence-corrected chi connectivity index (χ0v) is 25.7. The van der Waals surface area contributed by atoms with Gasteiger partial charge in [-0.05, 0) is 48.9 Å². The number of rotatable bonds is 16. The van der Waals surface area contributed by atoms with E-state index in [2.05, 4.69) is 37.7 Å². The molecule has 0 saturated heterocycles. The minimum Gasteiger partial charge on any atom is -0.543 e. The van der Waals surface area contributed by atoms with Gasteiger partial charge in [-0.1, -0.05) is 66.2 Å². The zero-order valence-electron chi connectivity index (χ0n) is 22.7. The minimum atomic E-state index is -1.27. The van der Waals surface area contributed by atoms with Gasteiger partial charge < -0.3 is 29.3 Å². The van der Waals surface area contributed by atoms with E-state index >= 15 is 0 Å². The number of ether oxygens (including phenoxy) is 2. The number of carboxylic acid groups (broad SMARTS) is 2. The van der Waals surface area contributed by atoms with Gasteiger partial charge in [0.15, 0.2) is 0 Å². The smallest absolute Gasteiger partial charge is 0.543 e. The standard InChI is InChI=1S/2C14H21NO3.Zn/c2*1-3-5-6-11(4-2)10-18-12-7-8-13(14(16)17)15-9-12;/h2*7-9,11H,3-6,10H2,1-2H3,(H,16,17);/q;;+2/p-2. The molecule has 0 aliphatic heterocycles. The molecule has 2 rings (SSSR count). The third kappa shape index (κ3) is 14.7. The van der Waals surface area contributed by atoms with Crippen molar-refractivity contribution in [3.05, 3.63) is 48.0 Å². The van der Waals surface area contributed by atoms with Gasteiger partial charge >= 0.3 is 19.5 Å². The molecular weight excluding hydrogens is 526 g/mol. The van der Waals surface area contributed by atoms with Gasteiger partial charge in [0, 0.05) is 0 Å². The first-order valence-corrected chi connectivity index (χ1v) is 12.9. The molecule has 2 unspecified atom stereocenters. The Morgan fingerprint density at radius 2 is 1.11 bits per heavy atom. The van der Waals surface area contributed by atoms with Gasteiger partial charge in [0.1, 0.15) is 11.5 Å². The van der Waals surface area contributed by atoms with Crippen LogP contribution in [0.2, 0.25) is 0 Å². The molecule has 0 amide bonds. The van der Waals surface area contributed by atoms with E-state index in [4.69, 9.17) is 9.47 Å². The Morgan fingerprint density at radius 3 is 1.35 bits per heavy atom. The van der Waals surface area contributed by atoms with Gasteiger partial charge in [0.05, 0.1) is 48.9 Å². The Kier molecular flexibility index (Phi) is 19.1. The fourth-order valence-corrected chi connectivity index (χ4v) is 3.40. The number of aromatic carboxylic acids is 2. The first-order chi connectivity index (χ1) is 17.3. The Hall–Kier alpha value is -2.54. The van der Waals surface area contributed by atoms with Crippen LogP contribution in [0, 0.1) is 11.8 Å². The molecule has 2 atom stereocenters. The molecule has 0 aliphatic rings.